The summed E-state index contributed by atoms with van der Waals surface area (Å²) in [5.41, 5.74) is 6.84. The number of halogens is 2. The molecule has 1 aromatic heterocycles. The third-order valence-electron chi connectivity index (χ3n) is 2.29. The summed E-state index contributed by atoms with van der Waals surface area (Å²) in [6.45, 7) is 1.78. The van der Waals surface area contributed by atoms with Crippen LogP contribution in [0.15, 0.2) is 37.6 Å². The Morgan fingerprint density at radius 2 is 2.06 bits per heavy atom. The van der Waals surface area contributed by atoms with Crippen molar-refractivity contribution in [3.05, 3.63) is 44.7 Å². The summed E-state index contributed by atoms with van der Waals surface area (Å²) in [5.74, 6) is 0.600. The van der Waals surface area contributed by atoms with Crippen LogP contribution in [0.4, 0.5) is 11.4 Å². The van der Waals surface area contributed by atoms with Crippen molar-refractivity contribution >= 4 is 49.1 Å². The zero-order chi connectivity index (χ0) is 13.3. The summed E-state index contributed by atoms with van der Waals surface area (Å²) in [6, 6.07) is 6.87. The molecule has 3 N–H and O–H groups in total. The van der Waals surface area contributed by atoms with Crippen molar-refractivity contribution in [3.63, 3.8) is 0 Å². The Morgan fingerprint density at radius 3 is 2.61 bits per heavy atom. The Kier molecular flexibility index (Phi) is 3.77. The lowest BCUT2D eigenvalue weighted by molar-refractivity contribution is 0.0995. The van der Waals surface area contributed by atoms with Crippen LogP contribution in [0.1, 0.15) is 16.3 Å². The van der Waals surface area contributed by atoms with Crippen LogP contribution in [0.5, 0.6) is 0 Å². The van der Waals surface area contributed by atoms with Gasteiger partial charge in [-0.25, -0.2) is 0 Å². The molecular weight excluding hydrogens is 364 g/mol. The molecule has 0 aliphatic heterocycles. The van der Waals surface area contributed by atoms with Gasteiger partial charge in [0.1, 0.15) is 5.76 Å². The molecule has 0 saturated heterocycles. The van der Waals surface area contributed by atoms with Gasteiger partial charge in [0.25, 0.3) is 5.91 Å². The standard InChI is InChI=1S/C12H10Br2N2O2/c1-6-2-3-10(18-6)12(17)16-11-8(14)4-7(13)5-9(11)15/h2-5H,15H2,1H3,(H,16,17). The summed E-state index contributed by atoms with van der Waals surface area (Å²) in [4.78, 5) is 11.9. The fraction of sp³-hybridized carbons (Fsp3) is 0.0833. The predicted molar refractivity (Wildman–Crippen MR) is 77.7 cm³/mol. The number of anilines is 2. The van der Waals surface area contributed by atoms with Crippen LogP contribution >= 0.6 is 31.9 Å². The first-order valence-electron chi connectivity index (χ1n) is 5.09. The number of carbonyl (C=O) groups is 1. The summed E-state index contributed by atoms with van der Waals surface area (Å²) in [7, 11) is 0. The number of amides is 1. The Balaban J connectivity index is 2.27. The summed E-state index contributed by atoms with van der Waals surface area (Å²) in [5, 5.41) is 2.71. The predicted octanol–water partition coefficient (Wildman–Crippen LogP) is 3.95. The summed E-state index contributed by atoms with van der Waals surface area (Å²) in [6.07, 6.45) is 0. The van der Waals surface area contributed by atoms with Crippen LogP contribution in [0.3, 0.4) is 0 Å². The van der Waals surface area contributed by atoms with Gasteiger partial charge in [-0.2, -0.15) is 0 Å². The maximum atomic E-state index is 11.9. The highest BCUT2D eigenvalue weighted by Crippen LogP contribution is 2.32. The van der Waals surface area contributed by atoms with Gasteiger partial charge in [-0.15, -0.1) is 0 Å². The fourth-order valence-corrected chi connectivity index (χ4v) is 2.81. The van der Waals surface area contributed by atoms with Crippen LogP contribution in [-0.2, 0) is 0 Å². The first-order chi connectivity index (χ1) is 8.47. The van der Waals surface area contributed by atoms with Gasteiger partial charge in [0.15, 0.2) is 5.76 Å². The number of aryl methyl sites for hydroxylation is 1. The van der Waals surface area contributed by atoms with Gasteiger partial charge in [0.05, 0.1) is 11.4 Å². The molecule has 0 fully saturated rings. The van der Waals surface area contributed by atoms with Crippen molar-refractivity contribution in [1.82, 2.24) is 0 Å². The lowest BCUT2D eigenvalue weighted by Gasteiger charge is -2.09. The molecular formula is C12H10Br2N2O2. The number of nitrogens with two attached hydrogens (primary N) is 1. The molecule has 1 amide bonds. The number of furan rings is 1. The minimum atomic E-state index is -0.335. The number of hydrogen-bond acceptors (Lipinski definition) is 3. The third kappa shape index (κ3) is 2.76. The van der Waals surface area contributed by atoms with Gasteiger partial charge < -0.3 is 15.5 Å². The van der Waals surface area contributed by atoms with Gasteiger partial charge in [-0.05, 0) is 47.1 Å². The van der Waals surface area contributed by atoms with Gasteiger partial charge in [0, 0.05) is 8.95 Å². The second-order valence-corrected chi connectivity index (χ2v) is 5.49. The minimum absolute atomic E-state index is 0.252. The van der Waals surface area contributed by atoms with Gasteiger partial charge >= 0.3 is 0 Å². The molecule has 0 bridgehead atoms. The lowest BCUT2D eigenvalue weighted by atomic mass is 10.2. The average molecular weight is 374 g/mol. The quantitative estimate of drug-likeness (QED) is 0.783. The van der Waals surface area contributed by atoms with Crippen LogP contribution in [-0.4, -0.2) is 5.91 Å². The van der Waals surface area contributed by atoms with E-state index in [1.165, 1.54) is 0 Å². The molecule has 1 aromatic carbocycles. The number of nitrogens with one attached hydrogen (secondary N) is 1. The molecule has 0 saturated carbocycles. The van der Waals surface area contributed by atoms with E-state index < -0.39 is 0 Å². The number of rotatable bonds is 2. The molecule has 0 aliphatic rings. The van der Waals surface area contributed by atoms with Crippen LogP contribution in [0, 0.1) is 6.92 Å². The maximum Gasteiger partial charge on any atom is 0.291 e. The first kappa shape index (κ1) is 13.2. The Labute approximate surface area is 121 Å². The molecule has 0 radical (unpaired) electrons. The number of nitrogen functional groups attached to an aromatic ring is 1. The maximum absolute atomic E-state index is 11.9. The van der Waals surface area contributed by atoms with E-state index in [2.05, 4.69) is 37.2 Å². The molecule has 0 unspecified atom stereocenters. The van der Waals surface area contributed by atoms with E-state index in [0.717, 1.165) is 4.47 Å². The van der Waals surface area contributed by atoms with Crippen molar-refractivity contribution in [3.8, 4) is 0 Å². The monoisotopic (exact) mass is 372 g/mol. The Morgan fingerprint density at radius 1 is 1.33 bits per heavy atom. The number of benzene rings is 1. The summed E-state index contributed by atoms with van der Waals surface area (Å²) < 4.78 is 6.78. The number of hydrogen-bond donors (Lipinski definition) is 2. The third-order valence-corrected chi connectivity index (χ3v) is 3.37. The second kappa shape index (κ2) is 5.16. The minimum Gasteiger partial charge on any atom is -0.456 e. The van der Waals surface area contributed by atoms with E-state index in [-0.39, 0.29) is 11.7 Å². The first-order valence-corrected chi connectivity index (χ1v) is 6.68. The highest BCUT2D eigenvalue weighted by molar-refractivity contribution is 9.11. The van der Waals surface area contributed by atoms with Crippen molar-refractivity contribution in [1.29, 1.82) is 0 Å². The molecule has 18 heavy (non-hydrogen) atoms. The molecule has 0 aliphatic carbocycles. The van der Waals surface area contributed by atoms with Crippen molar-refractivity contribution in [2.24, 2.45) is 0 Å². The number of carbonyl (C=O) groups excluding carboxylic acids is 1. The van der Waals surface area contributed by atoms with E-state index in [1.807, 2.05) is 0 Å². The van der Waals surface area contributed by atoms with Crippen LogP contribution in [0.2, 0.25) is 0 Å². The van der Waals surface area contributed by atoms with Gasteiger partial charge in [-0.1, -0.05) is 15.9 Å². The fourth-order valence-electron chi connectivity index (χ4n) is 1.46. The molecule has 0 spiro atoms. The summed E-state index contributed by atoms with van der Waals surface area (Å²) >= 11 is 6.67. The Hall–Kier alpha value is -1.27. The Bertz CT molecular complexity index is 585. The van der Waals surface area contributed by atoms with E-state index in [0.29, 0.717) is 21.6 Å². The highest BCUT2D eigenvalue weighted by Gasteiger charge is 2.14. The van der Waals surface area contributed by atoms with Gasteiger partial charge in [0.2, 0.25) is 0 Å². The van der Waals surface area contributed by atoms with Crippen LogP contribution < -0.4 is 11.1 Å². The van der Waals surface area contributed by atoms with E-state index >= 15 is 0 Å². The topological polar surface area (TPSA) is 68.3 Å². The molecule has 94 valence electrons. The highest BCUT2D eigenvalue weighted by atomic mass is 79.9. The molecule has 2 rings (SSSR count). The average Bonchev–Trinajstić information content (AvgIpc) is 2.70. The van der Waals surface area contributed by atoms with E-state index in [9.17, 15) is 4.79 Å². The zero-order valence-electron chi connectivity index (χ0n) is 9.46. The smallest absolute Gasteiger partial charge is 0.291 e. The molecule has 6 heteroatoms. The van der Waals surface area contributed by atoms with Gasteiger partial charge in [-0.3, -0.25) is 4.79 Å². The van der Waals surface area contributed by atoms with Crippen molar-refractivity contribution in [2.45, 2.75) is 6.92 Å². The largest absolute Gasteiger partial charge is 0.456 e. The molecule has 0 atom stereocenters. The van der Waals surface area contributed by atoms with Crippen molar-refractivity contribution < 1.29 is 9.21 Å². The van der Waals surface area contributed by atoms with Crippen LogP contribution in [0.25, 0.3) is 0 Å². The second-order valence-electron chi connectivity index (χ2n) is 3.72. The molecule has 1 heterocycles. The normalized spacial score (nSPS) is 10.4. The van der Waals surface area contributed by atoms with E-state index in [1.54, 1.807) is 31.2 Å². The lowest BCUT2D eigenvalue weighted by Crippen LogP contribution is -2.12. The molecule has 2 aromatic rings. The molecule has 4 nitrogen and oxygen atoms in total. The van der Waals surface area contributed by atoms with E-state index in [4.69, 9.17) is 10.2 Å². The zero-order valence-corrected chi connectivity index (χ0v) is 12.6. The SMILES string of the molecule is Cc1ccc(C(=O)Nc2c(N)cc(Br)cc2Br)o1. The van der Waals surface area contributed by atoms with Crippen molar-refractivity contribution in [2.75, 3.05) is 11.1 Å².